The molecule has 1 fully saturated rings. The second kappa shape index (κ2) is 4.31. The minimum absolute atomic E-state index is 0.0204. The number of nitro groups is 1. The first-order valence-corrected chi connectivity index (χ1v) is 5.39. The van der Waals surface area contributed by atoms with Crippen LogP contribution in [0.1, 0.15) is 0 Å². The smallest absolute Gasteiger partial charge is 0.269 e. The number of amides is 1. The van der Waals surface area contributed by atoms with Crippen LogP contribution < -0.4 is 5.32 Å². The second-order valence-corrected chi connectivity index (χ2v) is 3.99. The average molecular weight is 237 g/mol. The van der Waals surface area contributed by atoms with E-state index in [0.717, 1.165) is 0 Å². The number of benzene rings is 1. The fourth-order valence-electron chi connectivity index (χ4n) is 1.15. The van der Waals surface area contributed by atoms with Crippen LogP contribution in [0.3, 0.4) is 0 Å². The molecule has 6 nitrogen and oxygen atoms in total. The Hall–Kier alpha value is -1.89. The van der Waals surface area contributed by atoms with E-state index in [2.05, 4.69) is 10.3 Å². The Morgan fingerprint density at radius 3 is 2.56 bits per heavy atom. The first-order chi connectivity index (χ1) is 7.65. The third kappa shape index (κ3) is 2.37. The van der Waals surface area contributed by atoms with Gasteiger partial charge in [-0.15, -0.1) is 0 Å². The van der Waals surface area contributed by atoms with Crippen LogP contribution in [0.4, 0.5) is 11.4 Å². The van der Waals surface area contributed by atoms with Crippen molar-refractivity contribution in [2.75, 3.05) is 5.75 Å². The third-order valence-corrected chi connectivity index (χ3v) is 2.75. The van der Waals surface area contributed by atoms with E-state index >= 15 is 0 Å². The van der Waals surface area contributed by atoms with Gasteiger partial charge in [-0.05, 0) is 12.1 Å². The number of non-ortho nitro benzene ring substituents is 1. The van der Waals surface area contributed by atoms with Gasteiger partial charge in [-0.3, -0.25) is 14.9 Å². The first-order valence-electron chi connectivity index (χ1n) is 4.41. The maximum Gasteiger partial charge on any atom is 0.269 e. The number of aliphatic imine (C=N–C) groups is 1. The van der Waals surface area contributed by atoms with Crippen LogP contribution in [-0.2, 0) is 4.79 Å². The summed E-state index contributed by atoms with van der Waals surface area (Å²) in [5.74, 6) is 0.289. The van der Waals surface area contributed by atoms with Gasteiger partial charge in [0.25, 0.3) is 5.69 Å². The average Bonchev–Trinajstić information content (AvgIpc) is 2.65. The number of carbonyl (C=O) groups excluding carboxylic acids is 1. The molecule has 1 aromatic carbocycles. The van der Waals surface area contributed by atoms with Crippen molar-refractivity contribution >= 4 is 34.2 Å². The summed E-state index contributed by atoms with van der Waals surface area (Å²) < 4.78 is 0. The van der Waals surface area contributed by atoms with Crippen LogP contribution in [-0.4, -0.2) is 21.8 Å². The number of nitrogens with one attached hydrogen (secondary N) is 1. The van der Waals surface area contributed by atoms with E-state index in [1.54, 1.807) is 0 Å². The van der Waals surface area contributed by atoms with Crippen LogP contribution in [0.5, 0.6) is 0 Å². The van der Waals surface area contributed by atoms with Crippen molar-refractivity contribution in [3.05, 3.63) is 34.4 Å². The molecule has 1 N–H and O–H groups in total. The molecule has 0 unspecified atom stereocenters. The van der Waals surface area contributed by atoms with E-state index in [0.29, 0.717) is 16.6 Å². The molecular formula is C9H7N3O3S. The number of nitro benzene ring substituents is 1. The standard InChI is InChI=1S/C9H7N3O3S/c13-8-5-16-9(11-8)10-6-1-3-7(4-2-6)12(14)15/h1-4H,5H2,(H,10,11,13). The van der Waals surface area contributed by atoms with Crippen LogP contribution >= 0.6 is 11.8 Å². The summed E-state index contributed by atoms with van der Waals surface area (Å²) in [6, 6.07) is 5.83. The van der Waals surface area contributed by atoms with E-state index in [-0.39, 0.29) is 11.6 Å². The molecule has 0 aliphatic carbocycles. The summed E-state index contributed by atoms with van der Waals surface area (Å²) in [5.41, 5.74) is 0.599. The van der Waals surface area contributed by atoms with E-state index < -0.39 is 4.92 Å². The van der Waals surface area contributed by atoms with Gasteiger partial charge in [-0.25, -0.2) is 4.99 Å². The number of rotatable bonds is 2. The molecule has 0 atom stereocenters. The van der Waals surface area contributed by atoms with Crippen molar-refractivity contribution in [2.24, 2.45) is 4.99 Å². The SMILES string of the molecule is O=C1CSC(=Nc2ccc([N+](=O)[O-])cc2)N1. The number of hydrogen-bond acceptors (Lipinski definition) is 5. The number of thioether (sulfide) groups is 1. The summed E-state index contributed by atoms with van der Waals surface area (Å²) in [4.78, 5) is 25.0. The zero-order valence-electron chi connectivity index (χ0n) is 8.04. The molecule has 7 heteroatoms. The predicted molar refractivity (Wildman–Crippen MR) is 60.8 cm³/mol. The summed E-state index contributed by atoms with van der Waals surface area (Å²) >= 11 is 1.31. The Labute approximate surface area is 94.9 Å². The summed E-state index contributed by atoms with van der Waals surface area (Å²) in [6.07, 6.45) is 0. The Morgan fingerprint density at radius 2 is 2.06 bits per heavy atom. The van der Waals surface area contributed by atoms with Crippen LogP contribution in [0.2, 0.25) is 0 Å². The fourth-order valence-corrected chi connectivity index (χ4v) is 1.85. The molecule has 82 valence electrons. The van der Waals surface area contributed by atoms with Gasteiger partial charge in [0.05, 0.1) is 16.4 Å². The van der Waals surface area contributed by atoms with Gasteiger partial charge in [-0.2, -0.15) is 0 Å². The zero-order chi connectivity index (χ0) is 11.5. The van der Waals surface area contributed by atoms with Gasteiger partial charge in [0.1, 0.15) is 0 Å². The number of nitrogens with zero attached hydrogens (tertiary/aromatic N) is 2. The Kier molecular flexibility index (Phi) is 2.86. The van der Waals surface area contributed by atoms with Gasteiger partial charge >= 0.3 is 0 Å². The minimum atomic E-state index is -0.469. The highest BCUT2D eigenvalue weighted by molar-refractivity contribution is 8.15. The normalized spacial score (nSPS) is 17.5. The summed E-state index contributed by atoms with van der Waals surface area (Å²) in [5, 5.41) is 13.5. The molecule has 0 saturated carbocycles. The van der Waals surface area contributed by atoms with Crippen LogP contribution in [0, 0.1) is 10.1 Å². The molecule has 1 amide bonds. The molecule has 0 aromatic heterocycles. The lowest BCUT2D eigenvalue weighted by atomic mass is 10.3. The van der Waals surface area contributed by atoms with E-state index in [4.69, 9.17) is 0 Å². The molecule has 1 aliphatic rings. The number of hydrogen-bond donors (Lipinski definition) is 1. The molecule has 1 aromatic rings. The van der Waals surface area contributed by atoms with E-state index in [9.17, 15) is 14.9 Å². The van der Waals surface area contributed by atoms with Crippen molar-refractivity contribution < 1.29 is 9.72 Å². The zero-order valence-corrected chi connectivity index (χ0v) is 8.86. The molecule has 1 heterocycles. The lowest BCUT2D eigenvalue weighted by Crippen LogP contribution is -2.19. The van der Waals surface area contributed by atoms with Crippen molar-refractivity contribution in [3.63, 3.8) is 0 Å². The molecule has 0 radical (unpaired) electrons. The van der Waals surface area contributed by atoms with E-state index in [1.807, 2.05) is 0 Å². The van der Waals surface area contributed by atoms with Gasteiger partial charge in [-0.1, -0.05) is 11.8 Å². The molecule has 0 spiro atoms. The van der Waals surface area contributed by atoms with Crippen molar-refractivity contribution in [1.29, 1.82) is 0 Å². The maximum atomic E-state index is 10.9. The lowest BCUT2D eigenvalue weighted by molar-refractivity contribution is -0.384. The van der Waals surface area contributed by atoms with Crippen LogP contribution in [0.25, 0.3) is 0 Å². The van der Waals surface area contributed by atoms with E-state index in [1.165, 1.54) is 36.0 Å². The predicted octanol–water partition coefficient (Wildman–Crippen LogP) is 1.45. The highest BCUT2D eigenvalue weighted by Crippen LogP contribution is 2.20. The van der Waals surface area contributed by atoms with Crippen molar-refractivity contribution in [2.45, 2.75) is 0 Å². The molecule has 1 aliphatic heterocycles. The molecular weight excluding hydrogens is 230 g/mol. The summed E-state index contributed by atoms with van der Waals surface area (Å²) in [7, 11) is 0. The minimum Gasteiger partial charge on any atom is -0.304 e. The molecule has 1 saturated heterocycles. The first kappa shape index (κ1) is 10.6. The van der Waals surface area contributed by atoms with Crippen molar-refractivity contribution in [3.8, 4) is 0 Å². The molecule has 0 bridgehead atoms. The largest absolute Gasteiger partial charge is 0.304 e. The Balaban J connectivity index is 2.16. The lowest BCUT2D eigenvalue weighted by Gasteiger charge is -1.96. The monoisotopic (exact) mass is 237 g/mol. The fraction of sp³-hybridized carbons (Fsp3) is 0.111. The summed E-state index contributed by atoms with van der Waals surface area (Å²) in [6.45, 7) is 0. The Bertz CT molecular complexity index is 469. The number of carbonyl (C=O) groups is 1. The molecule has 2 rings (SSSR count). The second-order valence-electron chi connectivity index (χ2n) is 3.03. The maximum absolute atomic E-state index is 10.9. The van der Waals surface area contributed by atoms with Gasteiger partial charge in [0.15, 0.2) is 5.17 Å². The van der Waals surface area contributed by atoms with Crippen LogP contribution in [0.15, 0.2) is 29.3 Å². The third-order valence-electron chi connectivity index (χ3n) is 1.88. The highest BCUT2D eigenvalue weighted by atomic mass is 32.2. The van der Waals surface area contributed by atoms with Gasteiger partial charge in [0, 0.05) is 12.1 Å². The quantitative estimate of drug-likeness (QED) is 0.623. The number of amidine groups is 1. The van der Waals surface area contributed by atoms with Gasteiger partial charge < -0.3 is 5.32 Å². The Morgan fingerprint density at radius 1 is 1.38 bits per heavy atom. The molecule has 16 heavy (non-hydrogen) atoms. The topological polar surface area (TPSA) is 84.6 Å². The van der Waals surface area contributed by atoms with Crippen molar-refractivity contribution in [1.82, 2.24) is 5.32 Å². The van der Waals surface area contributed by atoms with Gasteiger partial charge in [0.2, 0.25) is 5.91 Å². The highest BCUT2D eigenvalue weighted by Gasteiger charge is 2.16.